The normalized spacial score (nSPS) is 12.8. The van der Waals surface area contributed by atoms with E-state index in [0.29, 0.717) is 6.04 Å². The van der Waals surface area contributed by atoms with Gasteiger partial charge < -0.3 is 5.32 Å². The van der Waals surface area contributed by atoms with Gasteiger partial charge in [0, 0.05) is 10.4 Å². The van der Waals surface area contributed by atoms with Crippen molar-refractivity contribution in [3.05, 3.63) is 41.1 Å². The van der Waals surface area contributed by atoms with Gasteiger partial charge >= 0.3 is 0 Å². The summed E-state index contributed by atoms with van der Waals surface area (Å²) >= 11 is 10.9. The summed E-state index contributed by atoms with van der Waals surface area (Å²) in [5, 5.41) is 5.88. The van der Waals surface area contributed by atoms with Gasteiger partial charge in [-0.2, -0.15) is 0 Å². The zero-order valence-corrected chi connectivity index (χ0v) is 15.8. The molecule has 0 saturated heterocycles. The Bertz CT molecular complexity index is 533. The molecule has 1 unspecified atom stereocenters. The molecular formula is C14H17Br2NS2. The third kappa shape index (κ3) is 3.70. The van der Waals surface area contributed by atoms with Gasteiger partial charge in [0.25, 0.3) is 0 Å². The van der Waals surface area contributed by atoms with Crippen LogP contribution in [0.3, 0.4) is 0 Å². The van der Waals surface area contributed by atoms with Gasteiger partial charge in [-0.3, -0.25) is 0 Å². The second kappa shape index (κ2) is 7.36. The zero-order chi connectivity index (χ0) is 13.8. The molecule has 104 valence electrons. The first-order chi connectivity index (χ1) is 9.17. The highest BCUT2D eigenvalue weighted by Gasteiger charge is 2.21. The molecule has 1 nitrogen and oxygen atoms in total. The van der Waals surface area contributed by atoms with Gasteiger partial charge in [-0.15, -0.1) is 22.7 Å². The third-order valence-corrected chi connectivity index (χ3v) is 6.43. The smallest absolute Gasteiger partial charge is 0.0762 e. The summed E-state index contributed by atoms with van der Waals surface area (Å²) in [7, 11) is 0. The van der Waals surface area contributed by atoms with E-state index in [2.05, 4.69) is 68.5 Å². The molecule has 0 aliphatic heterocycles. The van der Waals surface area contributed by atoms with E-state index in [1.165, 1.54) is 23.6 Å². The second-order valence-electron chi connectivity index (χ2n) is 4.33. The Labute approximate surface area is 139 Å². The van der Waals surface area contributed by atoms with Crippen molar-refractivity contribution in [1.82, 2.24) is 5.32 Å². The van der Waals surface area contributed by atoms with E-state index < -0.39 is 0 Å². The molecule has 2 aromatic heterocycles. The lowest BCUT2D eigenvalue weighted by atomic mass is 10.0. The summed E-state index contributed by atoms with van der Waals surface area (Å²) in [6, 6.07) is 4.77. The fraction of sp³-hybridized carbons (Fsp3) is 0.429. The standard InChI is InChI=1S/C14H17Br2NS2/c1-3-6-17-12(10-8-11(15)19-14(10)16)13-9(4-2)5-7-18-13/h5,7-8,12,17H,3-4,6H2,1-2H3. The molecule has 0 aromatic carbocycles. The number of aryl methyl sites for hydroxylation is 1. The van der Waals surface area contributed by atoms with Crippen molar-refractivity contribution < 1.29 is 0 Å². The van der Waals surface area contributed by atoms with Gasteiger partial charge in [-0.25, -0.2) is 0 Å². The molecule has 2 heterocycles. The minimum atomic E-state index is 0.298. The first kappa shape index (κ1) is 15.7. The molecule has 2 aromatic rings. The molecule has 0 fully saturated rings. The maximum Gasteiger partial charge on any atom is 0.0762 e. The van der Waals surface area contributed by atoms with Crippen LogP contribution in [0.25, 0.3) is 0 Å². The lowest BCUT2D eigenvalue weighted by Crippen LogP contribution is -2.23. The Morgan fingerprint density at radius 2 is 2.11 bits per heavy atom. The molecule has 19 heavy (non-hydrogen) atoms. The van der Waals surface area contributed by atoms with Crippen LogP contribution in [0.1, 0.15) is 42.3 Å². The highest BCUT2D eigenvalue weighted by Crippen LogP contribution is 2.40. The number of halogens is 2. The fourth-order valence-corrected chi connectivity index (χ4v) is 6.07. The number of hydrogen-bond donors (Lipinski definition) is 1. The number of hydrogen-bond acceptors (Lipinski definition) is 3. The topological polar surface area (TPSA) is 12.0 Å². The highest BCUT2D eigenvalue weighted by atomic mass is 79.9. The van der Waals surface area contributed by atoms with Gasteiger partial charge in [0.05, 0.1) is 13.6 Å². The minimum absolute atomic E-state index is 0.298. The summed E-state index contributed by atoms with van der Waals surface area (Å²) in [5.41, 5.74) is 2.79. The quantitative estimate of drug-likeness (QED) is 0.602. The van der Waals surface area contributed by atoms with Crippen LogP contribution in [0.5, 0.6) is 0 Å². The van der Waals surface area contributed by atoms with Crippen LogP contribution in [0, 0.1) is 0 Å². The van der Waals surface area contributed by atoms with Crippen LogP contribution in [0.2, 0.25) is 0 Å². The molecule has 1 N–H and O–H groups in total. The molecule has 0 bridgehead atoms. The lowest BCUT2D eigenvalue weighted by molar-refractivity contribution is 0.602. The number of nitrogens with one attached hydrogen (secondary N) is 1. The third-order valence-electron chi connectivity index (χ3n) is 3.02. The van der Waals surface area contributed by atoms with E-state index in [1.54, 1.807) is 11.3 Å². The van der Waals surface area contributed by atoms with Gasteiger partial charge in [-0.05, 0) is 74.3 Å². The molecule has 1 atom stereocenters. The van der Waals surface area contributed by atoms with Crippen LogP contribution in [0.4, 0.5) is 0 Å². The fourth-order valence-electron chi connectivity index (χ4n) is 2.08. The van der Waals surface area contributed by atoms with Crippen molar-refractivity contribution in [3.8, 4) is 0 Å². The number of rotatable bonds is 6. The van der Waals surface area contributed by atoms with Crippen molar-refractivity contribution in [2.75, 3.05) is 6.54 Å². The largest absolute Gasteiger partial charge is 0.306 e. The predicted octanol–water partition coefficient (Wildman–Crippen LogP) is 5.99. The van der Waals surface area contributed by atoms with Gasteiger partial charge in [0.1, 0.15) is 0 Å². The van der Waals surface area contributed by atoms with E-state index >= 15 is 0 Å². The monoisotopic (exact) mass is 421 g/mol. The summed E-state index contributed by atoms with van der Waals surface area (Å²) < 4.78 is 2.38. The summed E-state index contributed by atoms with van der Waals surface area (Å²) in [6.45, 7) is 5.46. The number of thiophene rings is 2. The molecule has 0 radical (unpaired) electrons. The molecule has 0 saturated carbocycles. The maximum absolute atomic E-state index is 3.69. The Morgan fingerprint density at radius 1 is 1.32 bits per heavy atom. The first-order valence-electron chi connectivity index (χ1n) is 6.41. The van der Waals surface area contributed by atoms with E-state index in [1.807, 2.05) is 11.3 Å². The van der Waals surface area contributed by atoms with Gasteiger partial charge in [0.2, 0.25) is 0 Å². The molecule has 0 aliphatic rings. The minimum Gasteiger partial charge on any atom is -0.306 e. The van der Waals surface area contributed by atoms with Crippen LogP contribution in [-0.4, -0.2) is 6.54 Å². The molecule has 2 rings (SSSR count). The Balaban J connectivity index is 2.38. The zero-order valence-electron chi connectivity index (χ0n) is 11.0. The maximum atomic E-state index is 3.69. The van der Waals surface area contributed by atoms with E-state index in [0.717, 1.165) is 19.4 Å². The molecule has 0 aliphatic carbocycles. The summed E-state index contributed by atoms with van der Waals surface area (Å²) in [4.78, 5) is 1.45. The van der Waals surface area contributed by atoms with Crippen molar-refractivity contribution in [1.29, 1.82) is 0 Å². The van der Waals surface area contributed by atoms with Crippen molar-refractivity contribution >= 4 is 54.5 Å². The first-order valence-corrected chi connectivity index (χ1v) is 9.69. The molecular weight excluding hydrogens is 406 g/mol. The van der Waals surface area contributed by atoms with Gasteiger partial charge in [-0.1, -0.05) is 13.8 Å². The van der Waals surface area contributed by atoms with E-state index in [-0.39, 0.29) is 0 Å². The average molecular weight is 423 g/mol. The Morgan fingerprint density at radius 3 is 2.68 bits per heavy atom. The lowest BCUT2D eigenvalue weighted by Gasteiger charge is -2.18. The molecule has 0 spiro atoms. The molecule has 0 amide bonds. The Hall–Kier alpha value is 0.320. The van der Waals surface area contributed by atoms with Crippen LogP contribution < -0.4 is 5.32 Å². The molecule has 5 heteroatoms. The van der Waals surface area contributed by atoms with E-state index in [9.17, 15) is 0 Å². The predicted molar refractivity (Wildman–Crippen MR) is 93.6 cm³/mol. The highest BCUT2D eigenvalue weighted by molar-refractivity contribution is 9.12. The van der Waals surface area contributed by atoms with Crippen molar-refractivity contribution in [3.63, 3.8) is 0 Å². The second-order valence-corrected chi connectivity index (χ2v) is 9.03. The van der Waals surface area contributed by atoms with Crippen LogP contribution in [0.15, 0.2) is 25.1 Å². The van der Waals surface area contributed by atoms with Gasteiger partial charge in [0.15, 0.2) is 0 Å². The van der Waals surface area contributed by atoms with Crippen molar-refractivity contribution in [2.24, 2.45) is 0 Å². The summed E-state index contributed by atoms with van der Waals surface area (Å²) in [5.74, 6) is 0. The van der Waals surface area contributed by atoms with Crippen molar-refractivity contribution in [2.45, 2.75) is 32.7 Å². The van der Waals surface area contributed by atoms with E-state index in [4.69, 9.17) is 0 Å². The summed E-state index contributed by atoms with van der Waals surface area (Å²) in [6.07, 6.45) is 2.23. The average Bonchev–Trinajstić information content (AvgIpc) is 2.97. The van der Waals surface area contributed by atoms with Crippen LogP contribution in [-0.2, 0) is 6.42 Å². The Kier molecular flexibility index (Phi) is 6.09. The van der Waals surface area contributed by atoms with Crippen LogP contribution >= 0.6 is 54.5 Å². The SMILES string of the molecule is CCCNC(c1cc(Br)sc1Br)c1sccc1CC.